The van der Waals surface area contributed by atoms with Crippen LogP contribution < -0.4 is 15.4 Å². The average Bonchev–Trinajstić information content (AvgIpc) is 2.45. The number of ether oxygens (including phenoxy) is 1. The first-order valence-electron chi connectivity index (χ1n) is 7.00. The quantitative estimate of drug-likeness (QED) is 0.688. The number of hydrogen-bond donors (Lipinski definition) is 3. The molecule has 0 heterocycles. The van der Waals surface area contributed by atoms with Crippen LogP contribution in [0, 0.1) is 5.92 Å². The molecule has 1 rings (SSSR count). The second kappa shape index (κ2) is 8.84. The van der Waals surface area contributed by atoms with Crippen LogP contribution in [0.3, 0.4) is 0 Å². The summed E-state index contributed by atoms with van der Waals surface area (Å²) in [6.07, 6.45) is 0.655. The number of urea groups is 1. The van der Waals surface area contributed by atoms with Crippen LogP contribution in [0.5, 0.6) is 5.75 Å². The molecule has 2 amide bonds. The summed E-state index contributed by atoms with van der Waals surface area (Å²) in [5, 5.41) is 14.0. The zero-order valence-electron chi connectivity index (χ0n) is 12.4. The maximum absolute atomic E-state index is 11.7. The van der Waals surface area contributed by atoms with Gasteiger partial charge in [-0.3, -0.25) is 4.79 Å². The number of carbonyl (C=O) groups is 2. The van der Waals surface area contributed by atoms with Gasteiger partial charge in [-0.1, -0.05) is 6.92 Å². The van der Waals surface area contributed by atoms with E-state index in [2.05, 4.69) is 10.6 Å². The van der Waals surface area contributed by atoms with Crippen molar-refractivity contribution in [2.24, 2.45) is 5.92 Å². The summed E-state index contributed by atoms with van der Waals surface area (Å²) < 4.78 is 5.31. The molecule has 21 heavy (non-hydrogen) atoms. The number of aliphatic carboxylic acids is 1. The molecule has 0 aromatic heterocycles. The van der Waals surface area contributed by atoms with Crippen LogP contribution in [0.4, 0.5) is 10.5 Å². The number of carboxylic acids is 1. The van der Waals surface area contributed by atoms with Crippen LogP contribution in [0.15, 0.2) is 24.3 Å². The first-order valence-corrected chi connectivity index (χ1v) is 7.00. The highest BCUT2D eigenvalue weighted by Gasteiger charge is 2.08. The van der Waals surface area contributed by atoms with Gasteiger partial charge in [-0.15, -0.1) is 0 Å². The predicted octanol–water partition coefficient (Wildman–Crippen LogP) is 2.71. The molecule has 3 N–H and O–H groups in total. The van der Waals surface area contributed by atoms with Gasteiger partial charge in [0.1, 0.15) is 5.75 Å². The Morgan fingerprint density at radius 3 is 2.52 bits per heavy atom. The molecule has 0 aliphatic heterocycles. The molecule has 6 heteroatoms. The molecule has 0 saturated heterocycles. The van der Waals surface area contributed by atoms with E-state index in [9.17, 15) is 9.59 Å². The minimum Gasteiger partial charge on any atom is -0.494 e. The van der Waals surface area contributed by atoms with E-state index in [4.69, 9.17) is 9.84 Å². The first kappa shape index (κ1) is 16.8. The highest BCUT2D eigenvalue weighted by molar-refractivity contribution is 5.89. The number of carbonyl (C=O) groups excluding carboxylic acids is 1. The molecule has 6 nitrogen and oxygen atoms in total. The maximum Gasteiger partial charge on any atom is 0.319 e. The molecule has 116 valence electrons. The topological polar surface area (TPSA) is 87.7 Å². The maximum atomic E-state index is 11.7. The van der Waals surface area contributed by atoms with Gasteiger partial charge >= 0.3 is 12.0 Å². The lowest BCUT2D eigenvalue weighted by molar-refractivity contribution is -0.137. The lowest BCUT2D eigenvalue weighted by atomic mass is 10.1. The van der Waals surface area contributed by atoms with E-state index in [1.807, 2.05) is 13.8 Å². The zero-order chi connectivity index (χ0) is 15.7. The molecule has 0 radical (unpaired) electrons. The number of nitrogens with one attached hydrogen (secondary N) is 2. The van der Waals surface area contributed by atoms with Crippen molar-refractivity contribution in [2.45, 2.75) is 26.7 Å². The van der Waals surface area contributed by atoms with Crippen LogP contribution in [0.2, 0.25) is 0 Å². The second-order valence-corrected chi connectivity index (χ2v) is 4.83. The van der Waals surface area contributed by atoms with Crippen molar-refractivity contribution >= 4 is 17.7 Å². The second-order valence-electron chi connectivity index (χ2n) is 4.83. The standard InChI is InChI=1S/C15H22N2O4/c1-3-21-13-7-5-12(6-8-13)17-15(20)16-10-11(2)4-9-14(18)19/h5-8,11H,3-4,9-10H2,1-2H3,(H,18,19)(H2,16,17,20). The van der Waals surface area contributed by atoms with Gasteiger partial charge in [0.25, 0.3) is 0 Å². The summed E-state index contributed by atoms with van der Waals surface area (Å²) in [5.41, 5.74) is 0.675. The van der Waals surface area contributed by atoms with E-state index in [-0.39, 0.29) is 18.4 Å². The smallest absolute Gasteiger partial charge is 0.319 e. The Morgan fingerprint density at radius 1 is 1.29 bits per heavy atom. The fraction of sp³-hybridized carbons (Fsp3) is 0.467. The van der Waals surface area contributed by atoms with Crippen LogP contribution in [0.1, 0.15) is 26.7 Å². The highest BCUT2D eigenvalue weighted by Crippen LogP contribution is 2.15. The number of anilines is 1. The van der Waals surface area contributed by atoms with Crippen molar-refractivity contribution in [2.75, 3.05) is 18.5 Å². The van der Waals surface area contributed by atoms with Gasteiger partial charge in [0.2, 0.25) is 0 Å². The van der Waals surface area contributed by atoms with Crippen molar-refractivity contribution in [1.29, 1.82) is 0 Å². The molecule has 0 fully saturated rings. The van der Waals surface area contributed by atoms with E-state index in [0.717, 1.165) is 5.75 Å². The predicted molar refractivity (Wildman–Crippen MR) is 80.7 cm³/mol. The molecule has 0 saturated carbocycles. The zero-order valence-corrected chi connectivity index (χ0v) is 12.4. The Bertz CT molecular complexity index is 459. The van der Waals surface area contributed by atoms with Gasteiger partial charge in [-0.05, 0) is 43.5 Å². The summed E-state index contributed by atoms with van der Waals surface area (Å²) in [7, 11) is 0. The Kier molecular flexibility index (Phi) is 7.08. The molecule has 1 aromatic carbocycles. The minimum absolute atomic E-state index is 0.114. The summed E-state index contributed by atoms with van der Waals surface area (Å²) in [4.78, 5) is 22.1. The minimum atomic E-state index is -0.819. The lowest BCUT2D eigenvalue weighted by Crippen LogP contribution is -2.32. The first-order chi connectivity index (χ1) is 10.0. The Morgan fingerprint density at radius 2 is 1.95 bits per heavy atom. The third-order valence-electron chi connectivity index (χ3n) is 2.89. The molecule has 0 aliphatic carbocycles. The van der Waals surface area contributed by atoms with Crippen molar-refractivity contribution < 1.29 is 19.4 Å². The molecule has 1 unspecified atom stereocenters. The molecule has 0 spiro atoms. The number of amides is 2. The monoisotopic (exact) mass is 294 g/mol. The fourth-order valence-corrected chi connectivity index (χ4v) is 1.72. The average molecular weight is 294 g/mol. The number of hydrogen-bond acceptors (Lipinski definition) is 3. The Labute approximate surface area is 124 Å². The highest BCUT2D eigenvalue weighted by atomic mass is 16.5. The molecular formula is C15H22N2O4. The van der Waals surface area contributed by atoms with Crippen molar-refractivity contribution in [3.63, 3.8) is 0 Å². The van der Waals surface area contributed by atoms with Crippen LogP contribution in [-0.4, -0.2) is 30.3 Å². The normalized spacial score (nSPS) is 11.5. The molecule has 0 aliphatic rings. The largest absolute Gasteiger partial charge is 0.494 e. The van der Waals surface area contributed by atoms with Gasteiger partial charge in [0.05, 0.1) is 6.61 Å². The molecule has 0 bridgehead atoms. The molecule has 1 atom stereocenters. The van der Waals surface area contributed by atoms with Crippen LogP contribution in [-0.2, 0) is 4.79 Å². The van der Waals surface area contributed by atoms with Gasteiger partial charge < -0.3 is 20.5 Å². The van der Waals surface area contributed by atoms with E-state index >= 15 is 0 Å². The van der Waals surface area contributed by atoms with E-state index in [0.29, 0.717) is 25.3 Å². The summed E-state index contributed by atoms with van der Waals surface area (Å²) in [6.45, 7) is 4.85. The number of rotatable bonds is 8. The van der Waals surface area contributed by atoms with Gasteiger partial charge in [0.15, 0.2) is 0 Å². The lowest BCUT2D eigenvalue weighted by Gasteiger charge is -2.12. The van der Waals surface area contributed by atoms with Gasteiger partial charge in [-0.25, -0.2) is 4.79 Å². The fourth-order valence-electron chi connectivity index (χ4n) is 1.72. The van der Waals surface area contributed by atoms with Gasteiger partial charge in [-0.2, -0.15) is 0 Å². The molecular weight excluding hydrogens is 272 g/mol. The third kappa shape index (κ3) is 7.20. The van der Waals surface area contributed by atoms with Gasteiger partial charge in [0, 0.05) is 18.7 Å². The van der Waals surface area contributed by atoms with Crippen LogP contribution in [0.25, 0.3) is 0 Å². The summed E-state index contributed by atoms with van der Waals surface area (Å²) >= 11 is 0. The molecule has 1 aromatic rings. The Balaban J connectivity index is 2.31. The van der Waals surface area contributed by atoms with E-state index in [1.54, 1.807) is 24.3 Å². The Hall–Kier alpha value is -2.24. The third-order valence-corrected chi connectivity index (χ3v) is 2.89. The van der Waals surface area contributed by atoms with Crippen LogP contribution >= 0.6 is 0 Å². The van der Waals surface area contributed by atoms with Crippen molar-refractivity contribution in [1.82, 2.24) is 5.32 Å². The van der Waals surface area contributed by atoms with E-state index < -0.39 is 5.97 Å². The number of carboxylic acid groups (broad SMARTS) is 1. The van der Waals surface area contributed by atoms with Crippen molar-refractivity contribution in [3.05, 3.63) is 24.3 Å². The number of benzene rings is 1. The van der Waals surface area contributed by atoms with Crippen molar-refractivity contribution in [3.8, 4) is 5.75 Å². The van der Waals surface area contributed by atoms with E-state index in [1.165, 1.54) is 0 Å². The summed E-state index contributed by atoms with van der Waals surface area (Å²) in [6, 6.07) is 6.79. The summed E-state index contributed by atoms with van der Waals surface area (Å²) in [5.74, 6) is 0.0543. The SMILES string of the molecule is CCOc1ccc(NC(=O)NCC(C)CCC(=O)O)cc1.